The van der Waals surface area contributed by atoms with E-state index in [4.69, 9.17) is 5.73 Å². The van der Waals surface area contributed by atoms with E-state index in [0.29, 0.717) is 5.92 Å². The number of aromatic nitrogens is 3. The fraction of sp³-hybridized carbons (Fsp3) is 0.882. The lowest BCUT2D eigenvalue weighted by atomic mass is 9.96. The van der Waals surface area contributed by atoms with Crippen LogP contribution in [0.15, 0.2) is 0 Å². The molecule has 1 aromatic rings. The van der Waals surface area contributed by atoms with Crippen molar-refractivity contribution in [3.8, 4) is 0 Å². The molecule has 0 bridgehead atoms. The van der Waals surface area contributed by atoms with E-state index in [-0.39, 0.29) is 0 Å². The Labute approximate surface area is 140 Å². The van der Waals surface area contributed by atoms with Gasteiger partial charge in [0.15, 0.2) is 0 Å². The number of nitrogens with zero attached hydrogens (tertiary/aromatic N) is 5. The van der Waals surface area contributed by atoms with Crippen LogP contribution < -0.4 is 5.73 Å². The van der Waals surface area contributed by atoms with Crippen LogP contribution in [0, 0.1) is 0 Å². The van der Waals surface area contributed by atoms with Gasteiger partial charge >= 0.3 is 0 Å². The SMILES string of the molecule is Cn1c(CN2CCCCCC2)nnc1C1CCN(CCN)CC1. The summed E-state index contributed by atoms with van der Waals surface area (Å²) in [5, 5.41) is 9.05. The number of hydrogen-bond donors (Lipinski definition) is 1. The van der Waals surface area contributed by atoms with Crippen LogP contribution in [-0.2, 0) is 13.6 Å². The molecule has 23 heavy (non-hydrogen) atoms. The predicted molar refractivity (Wildman–Crippen MR) is 92.2 cm³/mol. The molecule has 6 nitrogen and oxygen atoms in total. The van der Waals surface area contributed by atoms with Gasteiger partial charge in [0.1, 0.15) is 11.6 Å². The molecule has 2 aliphatic rings. The number of nitrogens with two attached hydrogens (primary N) is 1. The van der Waals surface area contributed by atoms with Gasteiger partial charge in [0.2, 0.25) is 0 Å². The van der Waals surface area contributed by atoms with Crippen molar-refractivity contribution in [3.63, 3.8) is 0 Å². The Morgan fingerprint density at radius 2 is 1.65 bits per heavy atom. The molecule has 2 N–H and O–H groups in total. The highest BCUT2D eigenvalue weighted by molar-refractivity contribution is 5.03. The molecule has 0 spiro atoms. The number of rotatable bonds is 5. The molecule has 0 amide bonds. The average Bonchev–Trinajstić information content (AvgIpc) is 2.77. The van der Waals surface area contributed by atoms with Gasteiger partial charge in [-0.05, 0) is 51.9 Å². The second-order valence-corrected chi connectivity index (χ2v) is 7.13. The van der Waals surface area contributed by atoms with Crippen LogP contribution in [0.2, 0.25) is 0 Å². The molecule has 130 valence electrons. The van der Waals surface area contributed by atoms with E-state index in [1.54, 1.807) is 0 Å². The summed E-state index contributed by atoms with van der Waals surface area (Å²) < 4.78 is 2.26. The van der Waals surface area contributed by atoms with E-state index in [1.165, 1.54) is 57.4 Å². The van der Waals surface area contributed by atoms with Crippen LogP contribution in [0.25, 0.3) is 0 Å². The van der Waals surface area contributed by atoms with E-state index >= 15 is 0 Å². The first kappa shape index (κ1) is 16.9. The molecule has 0 radical (unpaired) electrons. The third-order valence-corrected chi connectivity index (χ3v) is 5.46. The van der Waals surface area contributed by atoms with Crippen molar-refractivity contribution in [2.24, 2.45) is 12.8 Å². The van der Waals surface area contributed by atoms with Crippen LogP contribution in [0.1, 0.15) is 56.1 Å². The summed E-state index contributed by atoms with van der Waals surface area (Å²) in [6.07, 6.45) is 7.75. The normalized spacial score (nSPS) is 22.3. The van der Waals surface area contributed by atoms with Crippen molar-refractivity contribution in [1.29, 1.82) is 0 Å². The lowest BCUT2D eigenvalue weighted by molar-refractivity contribution is 0.212. The summed E-state index contributed by atoms with van der Waals surface area (Å²) in [4.78, 5) is 5.01. The molecule has 0 saturated carbocycles. The molecule has 1 aromatic heterocycles. The fourth-order valence-electron chi connectivity index (χ4n) is 3.96. The minimum Gasteiger partial charge on any atom is -0.329 e. The zero-order chi connectivity index (χ0) is 16.1. The van der Waals surface area contributed by atoms with E-state index in [1.807, 2.05) is 0 Å². The summed E-state index contributed by atoms with van der Waals surface area (Å²) in [6, 6.07) is 0. The van der Waals surface area contributed by atoms with Crippen LogP contribution >= 0.6 is 0 Å². The van der Waals surface area contributed by atoms with Gasteiger partial charge < -0.3 is 15.2 Å². The molecule has 3 rings (SSSR count). The second-order valence-electron chi connectivity index (χ2n) is 7.13. The largest absolute Gasteiger partial charge is 0.329 e. The standard InChI is InChI=1S/C17H32N6/c1-21-16(14-23-9-4-2-3-5-10-23)19-20-17(21)15-6-11-22(12-7-15)13-8-18/h15H,2-14,18H2,1H3. The highest BCUT2D eigenvalue weighted by Crippen LogP contribution is 2.26. The Bertz CT molecular complexity index is 469. The Balaban J connectivity index is 1.58. The number of hydrogen-bond acceptors (Lipinski definition) is 5. The van der Waals surface area contributed by atoms with Gasteiger partial charge in [0, 0.05) is 26.1 Å². The lowest BCUT2D eigenvalue weighted by Gasteiger charge is -2.31. The first-order valence-electron chi connectivity index (χ1n) is 9.31. The van der Waals surface area contributed by atoms with Crippen molar-refractivity contribution >= 4 is 0 Å². The third kappa shape index (κ3) is 4.31. The van der Waals surface area contributed by atoms with Gasteiger partial charge in [-0.3, -0.25) is 4.90 Å². The molecular formula is C17H32N6. The molecule has 2 saturated heterocycles. The molecule has 0 aliphatic carbocycles. The van der Waals surface area contributed by atoms with E-state index < -0.39 is 0 Å². The molecule has 2 aliphatic heterocycles. The van der Waals surface area contributed by atoms with Crippen LogP contribution in [0.4, 0.5) is 0 Å². The lowest BCUT2D eigenvalue weighted by Crippen LogP contribution is -2.37. The average molecular weight is 320 g/mol. The maximum Gasteiger partial charge on any atom is 0.146 e. The highest BCUT2D eigenvalue weighted by atomic mass is 15.3. The van der Waals surface area contributed by atoms with Crippen molar-refractivity contribution in [1.82, 2.24) is 24.6 Å². The first-order chi connectivity index (χ1) is 11.3. The van der Waals surface area contributed by atoms with Gasteiger partial charge in [-0.25, -0.2) is 0 Å². The van der Waals surface area contributed by atoms with Gasteiger partial charge in [-0.15, -0.1) is 10.2 Å². The topological polar surface area (TPSA) is 63.2 Å². The van der Waals surface area contributed by atoms with Crippen molar-refractivity contribution in [3.05, 3.63) is 11.6 Å². The maximum absolute atomic E-state index is 5.66. The molecule has 2 fully saturated rings. The number of likely N-dealkylation sites (tertiary alicyclic amines) is 2. The van der Waals surface area contributed by atoms with Crippen LogP contribution in [0.3, 0.4) is 0 Å². The Hall–Kier alpha value is -0.980. The Kier molecular flexibility index (Phi) is 6.02. The third-order valence-electron chi connectivity index (χ3n) is 5.46. The zero-order valence-electron chi connectivity index (χ0n) is 14.6. The minimum atomic E-state index is 0.555. The van der Waals surface area contributed by atoms with Crippen LogP contribution in [0.5, 0.6) is 0 Å². The van der Waals surface area contributed by atoms with Gasteiger partial charge in [0.25, 0.3) is 0 Å². The summed E-state index contributed by atoms with van der Waals surface area (Å²) >= 11 is 0. The fourth-order valence-corrected chi connectivity index (χ4v) is 3.96. The quantitative estimate of drug-likeness (QED) is 0.887. The van der Waals surface area contributed by atoms with Crippen molar-refractivity contribution in [2.75, 3.05) is 39.3 Å². The molecule has 0 unspecified atom stereocenters. The van der Waals surface area contributed by atoms with Gasteiger partial charge in [0.05, 0.1) is 6.54 Å². The van der Waals surface area contributed by atoms with Gasteiger partial charge in [-0.2, -0.15) is 0 Å². The zero-order valence-corrected chi connectivity index (χ0v) is 14.6. The molecule has 6 heteroatoms. The Morgan fingerprint density at radius 3 is 2.30 bits per heavy atom. The second kappa shape index (κ2) is 8.22. The van der Waals surface area contributed by atoms with E-state index in [9.17, 15) is 0 Å². The maximum atomic E-state index is 5.66. The van der Waals surface area contributed by atoms with Crippen LogP contribution in [-0.4, -0.2) is 63.8 Å². The monoisotopic (exact) mass is 320 g/mol. The predicted octanol–water partition coefficient (Wildman–Crippen LogP) is 1.33. The number of piperidine rings is 1. The summed E-state index contributed by atoms with van der Waals surface area (Å²) in [5.41, 5.74) is 5.66. The van der Waals surface area contributed by atoms with Crippen molar-refractivity contribution in [2.45, 2.75) is 51.0 Å². The van der Waals surface area contributed by atoms with E-state index in [2.05, 4.69) is 31.6 Å². The minimum absolute atomic E-state index is 0.555. The smallest absolute Gasteiger partial charge is 0.146 e. The Morgan fingerprint density at radius 1 is 0.957 bits per heavy atom. The molecule has 3 heterocycles. The van der Waals surface area contributed by atoms with Gasteiger partial charge in [-0.1, -0.05) is 12.8 Å². The first-order valence-corrected chi connectivity index (χ1v) is 9.31. The summed E-state index contributed by atoms with van der Waals surface area (Å²) in [5.74, 6) is 2.87. The highest BCUT2D eigenvalue weighted by Gasteiger charge is 2.25. The molecule has 0 atom stereocenters. The van der Waals surface area contributed by atoms with Crippen molar-refractivity contribution < 1.29 is 0 Å². The van der Waals surface area contributed by atoms with E-state index in [0.717, 1.165) is 38.5 Å². The molecular weight excluding hydrogens is 288 g/mol. The molecule has 0 aromatic carbocycles. The summed E-state index contributed by atoms with van der Waals surface area (Å²) in [6.45, 7) is 7.42. The summed E-state index contributed by atoms with van der Waals surface area (Å²) in [7, 11) is 2.15.